The van der Waals surface area contributed by atoms with E-state index < -0.39 is 11.7 Å². The Labute approximate surface area is 144 Å². The van der Waals surface area contributed by atoms with Gasteiger partial charge in [0.05, 0.1) is 24.4 Å². The summed E-state index contributed by atoms with van der Waals surface area (Å²) in [5, 5.41) is 3.19. The molecule has 0 aromatic heterocycles. The van der Waals surface area contributed by atoms with Crippen molar-refractivity contribution >= 4 is 5.69 Å². The highest BCUT2D eigenvalue weighted by Gasteiger charge is 2.43. The van der Waals surface area contributed by atoms with Gasteiger partial charge in [0, 0.05) is 11.5 Å². The van der Waals surface area contributed by atoms with Gasteiger partial charge in [0.25, 0.3) is 0 Å². The van der Waals surface area contributed by atoms with E-state index in [1.807, 2.05) is 30.3 Å². The summed E-state index contributed by atoms with van der Waals surface area (Å²) < 4.78 is 46.0. The van der Waals surface area contributed by atoms with Gasteiger partial charge in [0.1, 0.15) is 5.75 Å². The summed E-state index contributed by atoms with van der Waals surface area (Å²) in [4.78, 5) is 0. The van der Waals surface area contributed by atoms with Crippen molar-refractivity contribution in [2.45, 2.75) is 24.6 Å². The Kier molecular flexibility index (Phi) is 3.74. The van der Waals surface area contributed by atoms with Crippen molar-refractivity contribution in [3.05, 3.63) is 71.3 Å². The zero-order chi connectivity index (χ0) is 17.6. The average molecular weight is 345 g/mol. The number of halogens is 3. The van der Waals surface area contributed by atoms with Gasteiger partial charge < -0.3 is 10.1 Å². The van der Waals surface area contributed by atoms with Gasteiger partial charge in [-0.1, -0.05) is 42.5 Å². The molecule has 0 fully saturated rings. The van der Waals surface area contributed by atoms with Crippen LogP contribution in [-0.4, -0.2) is 7.11 Å². The van der Waals surface area contributed by atoms with Gasteiger partial charge in [-0.25, -0.2) is 0 Å². The van der Waals surface area contributed by atoms with E-state index >= 15 is 0 Å². The number of nitrogens with one attached hydrogen (secondary N) is 1. The molecule has 0 unspecified atom stereocenters. The number of fused-ring (bicyclic) bond motifs is 3. The summed E-state index contributed by atoms with van der Waals surface area (Å²) in [6.07, 6.45) is 0.538. The fraction of sp³-hybridized carbons (Fsp3) is 0.300. The number of allylic oxidation sites excluding steroid dienone is 2. The Morgan fingerprint density at radius 2 is 1.80 bits per heavy atom. The lowest BCUT2D eigenvalue weighted by molar-refractivity contribution is -0.137. The van der Waals surface area contributed by atoms with Crippen molar-refractivity contribution in [3.63, 3.8) is 0 Å². The number of methoxy groups -OCH3 is 1. The first-order valence-electron chi connectivity index (χ1n) is 8.27. The number of ether oxygens (including phenoxy) is 1. The lowest BCUT2D eigenvalue weighted by Crippen LogP contribution is -2.31. The second-order valence-corrected chi connectivity index (χ2v) is 6.49. The molecule has 1 aliphatic heterocycles. The van der Waals surface area contributed by atoms with Crippen molar-refractivity contribution < 1.29 is 17.9 Å². The highest BCUT2D eigenvalue weighted by molar-refractivity contribution is 5.65. The van der Waals surface area contributed by atoms with E-state index in [0.717, 1.165) is 23.6 Å². The number of hydrogen-bond acceptors (Lipinski definition) is 2. The van der Waals surface area contributed by atoms with Gasteiger partial charge in [-0.05, 0) is 30.0 Å². The number of benzene rings is 2. The molecule has 0 bridgehead atoms. The molecule has 2 nitrogen and oxygen atoms in total. The summed E-state index contributed by atoms with van der Waals surface area (Å²) in [5.74, 6) is 0.847. The van der Waals surface area contributed by atoms with Gasteiger partial charge in [-0.3, -0.25) is 0 Å². The Balaban J connectivity index is 1.87. The maximum atomic E-state index is 13.5. The monoisotopic (exact) mass is 345 g/mol. The maximum absolute atomic E-state index is 13.5. The summed E-state index contributed by atoms with van der Waals surface area (Å²) in [5.41, 5.74) is 1.20. The van der Waals surface area contributed by atoms with Crippen molar-refractivity contribution in [1.82, 2.24) is 0 Å². The van der Waals surface area contributed by atoms with Crippen LogP contribution in [0.4, 0.5) is 18.9 Å². The van der Waals surface area contributed by atoms with E-state index in [1.165, 1.54) is 6.07 Å². The molecule has 130 valence electrons. The largest absolute Gasteiger partial charge is 0.496 e. The third-order valence-electron chi connectivity index (χ3n) is 5.18. The molecular weight excluding hydrogens is 327 g/mol. The molecule has 5 heteroatoms. The van der Waals surface area contributed by atoms with Crippen molar-refractivity contribution in [3.8, 4) is 5.75 Å². The number of alkyl halides is 3. The van der Waals surface area contributed by atoms with Crippen molar-refractivity contribution in [1.29, 1.82) is 0 Å². The molecule has 0 saturated heterocycles. The SMILES string of the molecule is COc1ccccc1[C@@H]1Nc2c(cccc2C(F)(F)F)[C@@H]2C=CC[C@@H]21. The molecule has 2 aromatic carbocycles. The molecule has 0 amide bonds. The smallest absolute Gasteiger partial charge is 0.418 e. The lowest BCUT2D eigenvalue weighted by Gasteiger charge is -2.39. The van der Waals surface area contributed by atoms with Gasteiger partial charge in [0.15, 0.2) is 0 Å². The summed E-state index contributed by atoms with van der Waals surface area (Å²) in [6, 6.07) is 11.7. The Bertz CT molecular complexity index is 828. The van der Waals surface area contributed by atoms with Crippen LogP contribution in [0.3, 0.4) is 0 Å². The minimum Gasteiger partial charge on any atom is -0.496 e. The number of hydrogen-bond donors (Lipinski definition) is 1. The van der Waals surface area contributed by atoms with Crippen LogP contribution in [0.25, 0.3) is 0 Å². The van der Waals surface area contributed by atoms with Crippen LogP contribution in [0.1, 0.15) is 35.1 Å². The molecule has 2 aliphatic rings. The zero-order valence-electron chi connectivity index (χ0n) is 13.7. The maximum Gasteiger partial charge on any atom is 0.418 e. The van der Waals surface area contributed by atoms with E-state index in [1.54, 1.807) is 13.2 Å². The average Bonchev–Trinajstić information content (AvgIpc) is 3.09. The van der Waals surface area contributed by atoms with Crippen LogP contribution in [-0.2, 0) is 6.18 Å². The molecule has 0 saturated carbocycles. The number of anilines is 1. The van der Waals surface area contributed by atoms with Crippen molar-refractivity contribution in [2.75, 3.05) is 12.4 Å². The van der Waals surface area contributed by atoms with E-state index in [-0.39, 0.29) is 23.6 Å². The first-order valence-corrected chi connectivity index (χ1v) is 8.27. The molecule has 2 aromatic rings. The highest BCUT2D eigenvalue weighted by atomic mass is 19.4. The predicted molar refractivity (Wildman–Crippen MR) is 90.8 cm³/mol. The second-order valence-electron chi connectivity index (χ2n) is 6.49. The topological polar surface area (TPSA) is 21.3 Å². The van der Waals surface area contributed by atoms with E-state index in [9.17, 15) is 13.2 Å². The summed E-state index contributed by atoms with van der Waals surface area (Å²) in [7, 11) is 1.58. The van der Waals surface area contributed by atoms with Crippen molar-refractivity contribution in [2.24, 2.45) is 5.92 Å². The lowest BCUT2D eigenvalue weighted by atomic mass is 9.76. The minimum atomic E-state index is -4.39. The highest BCUT2D eigenvalue weighted by Crippen LogP contribution is 2.53. The molecule has 0 spiro atoms. The van der Waals surface area contributed by atoms with E-state index in [4.69, 9.17) is 4.74 Å². The normalized spacial score (nSPS) is 24.4. The molecule has 4 rings (SSSR count). The standard InChI is InChI=1S/C20H18F3NO/c1-25-17-11-3-2-6-15(17)18-13-8-4-7-12(13)14-9-5-10-16(19(14)24-18)20(21,22)23/h2-7,9-13,18,24H,8H2,1H3/t12-,13+,18-/m1/s1. The van der Waals surface area contributed by atoms with Gasteiger partial charge >= 0.3 is 6.18 Å². The third-order valence-corrected chi connectivity index (χ3v) is 5.18. The zero-order valence-corrected chi connectivity index (χ0v) is 13.7. The number of para-hydroxylation sites is 2. The van der Waals surface area contributed by atoms with Crippen LogP contribution in [0, 0.1) is 5.92 Å². The first-order chi connectivity index (χ1) is 12.0. The molecule has 1 aliphatic carbocycles. The Hall–Kier alpha value is -2.43. The molecule has 0 radical (unpaired) electrons. The quantitative estimate of drug-likeness (QED) is 0.722. The fourth-order valence-corrected chi connectivity index (χ4v) is 4.09. The third kappa shape index (κ3) is 2.58. The molecule has 25 heavy (non-hydrogen) atoms. The predicted octanol–water partition coefficient (Wildman–Crippen LogP) is 5.54. The first kappa shape index (κ1) is 16.1. The fourth-order valence-electron chi connectivity index (χ4n) is 4.09. The number of rotatable bonds is 2. The molecule has 1 N–H and O–H groups in total. The Morgan fingerprint density at radius 3 is 2.56 bits per heavy atom. The Morgan fingerprint density at radius 1 is 1.04 bits per heavy atom. The van der Waals surface area contributed by atoms with Gasteiger partial charge in [-0.2, -0.15) is 13.2 Å². The van der Waals surface area contributed by atoms with Crippen LogP contribution >= 0.6 is 0 Å². The molecule has 3 atom stereocenters. The van der Waals surface area contributed by atoms with E-state index in [2.05, 4.69) is 11.4 Å². The van der Waals surface area contributed by atoms with Crippen LogP contribution < -0.4 is 10.1 Å². The van der Waals surface area contributed by atoms with E-state index in [0.29, 0.717) is 5.75 Å². The van der Waals surface area contributed by atoms with Gasteiger partial charge in [-0.15, -0.1) is 0 Å². The van der Waals surface area contributed by atoms with Gasteiger partial charge in [0.2, 0.25) is 0 Å². The van der Waals surface area contributed by atoms with Crippen LogP contribution in [0.2, 0.25) is 0 Å². The summed E-state index contributed by atoms with van der Waals surface area (Å²) >= 11 is 0. The molecule has 1 heterocycles. The molecular formula is C20H18F3NO. The minimum absolute atomic E-state index is 0.0199. The second kappa shape index (κ2) is 5.83. The van der Waals surface area contributed by atoms with Crippen LogP contribution in [0.15, 0.2) is 54.6 Å². The van der Waals surface area contributed by atoms with Crippen LogP contribution in [0.5, 0.6) is 5.75 Å². The summed E-state index contributed by atoms with van der Waals surface area (Å²) in [6.45, 7) is 0.